The van der Waals surface area contributed by atoms with E-state index in [4.69, 9.17) is 5.11 Å². The summed E-state index contributed by atoms with van der Waals surface area (Å²) in [4.78, 5) is 12.6. The van der Waals surface area contributed by atoms with Gasteiger partial charge in [0.25, 0.3) is 0 Å². The van der Waals surface area contributed by atoms with E-state index in [1.165, 1.54) is 0 Å². The van der Waals surface area contributed by atoms with Gasteiger partial charge in [-0.1, -0.05) is 13.8 Å². The van der Waals surface area contributed by atoms with Crippen LogP contribution in [0.1, 0.15) is 30.7 Å². The van der Waals surface area contributed by atoms with Crippen LogP contribution in [0.25, 0.3) is 0 Å². The monoisotopic (exact) mass is 260 g/mol. The first kappa shape index (κ1) is 13.3. The maximum Gasteiger partial charge on any atom is 0.310 e. The van der Waals surface area contributed by atoms with Crippen LogP contribution in [0.3, 0.4) is 0 Å². The Morgan fingerprint density at radius 1 is 1.42 bits per heavy atom. The molecule has 0 atom stereocenters. The lowest BCUT2D eigenvalue weighted by Crippen LogP contribution is -2.51. The maximum atomic E-state index is 10.8. The van der Waals surface area contributed by atoms with Gasteiger partial charge in [-0.25, -0.2) is 0 Å². The van der Waals surface area contributed by atoms with E-state index in [2.05, 4.69) is 16.3 Å². The lowest BCUT2D eigenvalue weighted by Gasteiger charge is -2.37. The van der Waals surface area contributed by atoms with Gasteiger partial charge >= 0.3 is 5.97 Å². The largest absolute Gasteiger partial charge is 0.481 e. The van der Waals surface area contributed by atoms with Crippen molar-refractivity contribution < 1.29 is 9.90 Å². The zero-order chi connectivity index (χ0) is 14.0. The molecule has 1 aromatic heterocycles. The molecule has 0 aromatic carbocycles. The molecule has 0 radical (unpaired) electrons. The number of hydrogen-bond acceptors (Lipinski definition) is 5. The molecule has 1 aliphatic rings. The van der Waals surface area contributed by atoms with E-state index in [9.17, 15) is 10.1 Å². The predicted octanol–water partition coefficient (Wildman–Crippen LogP) is 0.994. The molecule has 2 rings (SSSR count). The lowest BCUT2D eigenvalue weighted by molar-refractivity contribution is -0.142. The minimum absolute atomic E-state index is 0.371. The van der Waals surface area contributed by atoms with E-state index < -0.39 is 5.97 Å². The van der Waals surface area contributed by atoms with Gasteiger partial charge in [-0.3, -0.25) is 4.79 Å². The van der Waals surface area contributed by atoms with Crippen LogP contribution in [0.5, 0.6) is 0 Å². The fraction of sp³-hybridized carbons (Fsp3) is 0.538. The highest BCUT2D eigenvalue weighted by Crippen LogP contribution is 2.28. The average Bonchev–Trinajstić information content (AvgIpc) is 2.35. The number of anilines is 1. The fourth-order valence-corrected chi connectivity index (χ4v) is 2.31. The molecule has 0 amide bonds. The number of carbonyl (C=O) groups is 1. The second-order valence-electron chi connectivity index (χ2n) is 4.58. The predicted molar refractivity (Wildman–Crippen MR) is 68.8 cm³/mol. The van der Waals surface area contributed by atoms with E-state index in [0.29, 0.717) is 24.5 Å². The van der Waals surface area contributed by atoms with Crippen LogP contribution in [0.15, 0.2) is 0 Å². The molecule has 0 spiro atoms. The first-order valence-corrected chi connectivity index (χ1v) is 6.38. The van der Waals surface area contributed by atoms with Crippen molar-refractivity contribution in [3.8, 4) is 6.07 Å². The van der Waals surface area contributed by atoms with Crippen LogP contribution in [0.2, 0.25) is 0 Å². The first-order chi connectivity index (χ1) is 9.12. The molecule has 1 aliphatic heterocycles. The number of aliphatic carboxylic acids is 1. The van der Waals surface area contributed by atoms with Crippen LogP contribution < -0.4 is 4.90 Å². The molecule has 19 heavy (non-hydrogen) atoms. The van der Waals surface area contributed by atoms with E-state index in [1.54, 1.807) is 0 Å². The van der Waals surface area contributed by atoms with Gasteiger partial charge in [0.1, 0.15) is 11.6 Å². The molecule has 6 nitrogen and oxygen atoms in total. The molecule has 0 bridgehead atoms. The van der Waals surface area contributed by atoms with E-state index >= 15 is 0 Å². The Kier molecular flexibility index (Phi) is 3.65. The fourth-order valence-electron chi connectivity index (χ4n) is 2.31. The number of carboxylic acid groups (broad SMARTS) is 1. The molecule has 0 aliphatic carbocycles. The molecule has 1 aromatic rings. The van der Waals surface area contributed by atoms with Gasteiger partial charge in [0, 0.05) is 13.1 Å². The van der Waals surface area contributed by atoms with Crippen molar-refractivity contribution in [1.29, 1.82) is 5.26 Å². The highest BCUT2D eigenvalue weighted by molar-refractivity contribution is 5.75. The Morgan fingerprint density at radius 2 is 2.11 bits per heavy atom. The molecule has 1 N–H and O–H groups in total. The number of rotatable bonds is 4. The average molecular weight is 260 g/mol. The van der Waals surface area contributed by atoms with Crippen molar-refractivity contribution in [2.24, 2.45) is 5.92 Å². The summed E-state index contributed by atoms with van der Waals surface area (Å²) in [5.41, 5.74) is 2.31. The van der Waals surface area contributed by atoms with Crippen LogP contribution in [-0.4, -0.2) is 34.4 Å². The first-order valence-electron chi connectivity index (χ1n) is 6.38. The zero-order valence-corrected chi connectivity index (χ0v) is 11.1. The van der Waals surface area contributed by atoms with Crippen molar-refractivity contribution >= 4 is 11.8 Å². The molecule has 100 valence electrons. The van der Waals surface area contributed by atoms with Crippen molar-refractivity contribution in [3.05, 3.63) is 16.8 Å². The Balaban J connectivity index is 2.33. The Morgan fingerprint density at radius 3 is 2.58 bits per heavy atom. The number of carboxylic acids is 1. The summed E-state index contributed by atoms with van der Waals surface area (Å²) < 4.78 is 0. The van der Waals surface area contributed by atoms with Gasteiger partial charge in [0.15, 0.2) is 5.82 Å². The standard InChI is InChI=1S/C13H16N4O2/c1-3-9-10(5-14)12(16-15-11(9)4-2)17-6-8(7-17)13(18)19/h8H,3-4,6-7H2,1-2H3,(H,18,19). The maximum absolute atomic E-state index is 10.8. The second kappa shape index (κ2) is 5.22. The minimum atomic E-state index is -0.802. The van der Waals surface area contributed by atoms with Crippen molar-refractivity contribution in [2.75, 3.05) is 18.0 Å². The number of nitriles is 1. The van der Waals surface area contributed by atoms with Crippen LogP contribution >= 0.6 is 0 Å². The third kappa shape index (κ3) is 2.24. The third-order valence-electron chi connectivity index (χ3n) is 3.47. The summed E-state index contributed by atoms with van der Waals surface area (Å²) in [5.74, 6) is -0.651. The molecule has 1 saturated heterocycles. The summed E-state index contributed by atoms with van der Waals surface area (Å²) >= 11 is 0. The van der Waals surface area contributed by atoms with Gasteiger partial charge in [-0.15, -0.1) is 5.10 Å². The van der Waals surface area contributed by atoms with Gasteiger partial charge in [-0.2, -0.15) is 10.4 Å². The second-order valence-corrected chi connectivity index (χ2v) is 4.58. The summed E-state index contributed by atoms with van der Waals surface area (Å²) in [5, 5.41) is 26.5. The van der Waals surface area contributed by atoms with Crippen LogP contribution in [0.4, 0.5) is 5.82 Å². The number of aromatic nitrogens is 2. The molecule has 0 unspecified atom stereocenters. The van der Waals surface area contributed by atoms with E-state index in [-0.39, 0.29) is 5.92 Å². The smallest absolute Gasteiger partial charge is 0.310 e. The van der Waals surface area contributed by atoms with Crippen molar-refractivity contribution in [2.45, 2.75) is 26.7 Å². The summed E-state index contributed by atoms with van der Waals surface area (Å²) in [6.07, 6.45) is 1.47. The summed E-state index contributed by atoms with van der Waals surface area (Å²) in [7, 11) is 0. The zero-order valence-electron chi connectivity index (χ0n) is 11.1. The molecule has 2 heterocycles. The Hall–Kier alpha value is -2.16. The van der Waals surface area contributed by atoms with Crippen LogP contribution in [-0.2, 0) is 17.6 Å². The molecular formula is C13H16N4O2. The van der Waals surface area contributed by atoms with Gasteiger partial charge in [0.2, 0.25) is 0 Å². The third-order valence-corrected chi connectivity index (χ3v) is 3.47. The van der Waals surface area contributed by atoms with Gasteiger partial charge in [-0.05, 0) is 18.4 Å². The molecule has 1 fully saturated rings. The number of hydrogen-bond donors (Lipinski definition) is 1. The lowest BCUT2D eigenvalue weighted by atomic mass is 9.98. The number of nitrogens with zero attached hydrogens (tertiary/aromatic N) is 4. The SMILES string of the molecule is CCc1nnc(N2CC(C(=O)O)C2)c(C#N)c1CC. The molecular weight excluding hydrogens is 244 g/mol. The molecule has 6 heteroatoms. The minimum Gasteiger partial charge on any atom is -0.481 e. The summed E-state index contributed by atoms with van der Waals surface area (Å²) in [6, 6.07) is 2.19. The normalized spacial score (nSPS) is 14.9. The van der Waals surface area contributed by atoms with Crippen molar-refractivity contribution in [1.82, 2.24) is 10.2 Å². The van der Waals surface area contributed by atoms with Gasteiger partial charge in [0.05, 0.1) is 11.6 Å². The Labute approximate surface area is 111 Å². The highest BCUT2D eigenvalue weighted by Gasteiger charge is 2.35. The highest BCUT2D eigenvalue weighted by atomic mass is 16.4. The quantitative estimate of drug-likeness (QED) is 0.868. The Bertz CT molecular complexity index is 544. The van der Waals surface area contributed by atoms with Crippen LogP contribution in [0, 0.1) is 17.2 Å². The van der Waals surface area contributed by atoms with Crippen molar-refractivity contribution in [3.63, 3.8) is 0 Å². The van der Waals surface area contributed by atoms with E-state index in [0.717, 1.165) is 24.1 Å². The number of aryl methyl sites for hydroxylation is 1. The van der Waals surface area contributed by atoms with Gasteiger partial charge < -0.3 is 10.0 Å². The topological polar surface area (TPSA) is 90.1 Å². The van der Waals surface area contributed by atoms with E-state index in [1.807, 2.05) is 18.7 Å². The molecule has 0 saturated carbocycles. The summed E-state index contributed by atoms with van der Waals surface area (Å²) in [6.45, 7) is 4.76.